The fourth-order valence-electron chi connectivity index (χ4n) is 2.12. The minimum Gasteiger partial charge on any atom is -0.333 e. The van der Waals surface area contributed by atoms with Crippen molar-refractivity contribution in [1.29, 1.82) is 5.26 Å². The molecule has 0 aromatic heterocycles. The van der Waals surface area contributed by atoms with Gasteiger partial charge in [0, 0.05) is 18.8 Å². The minimum atomic E-state index is -0.799. The van der Waals surface area contributed by atoms with Crippen LogP contribution in [-0.2, 0) is 9.59 Å². The second kappa shape index (κ2) is 7.03. The lowest BCUT2D eigenvalue weighted by atomic mass is 10.2. The Hall–Kier alpha value is -2.42. The highest BCUT2D eigenvalue weighted by molar-refractivity contribution is 6.39. The lowest BCUT2D eigenvalue weighted by Gasteiger charge is -2.21. The van der Waals surface area contributed by atoms with Gasteiger partial charge >= 0.3 is 11.8 Å². The Morgan fingerprint density at radius 2 is 2.18 bits per heavy atom. The van der Waals surface area contributed by atoms with Crippen LogP contribution in [0.25, 0.3) is 0 Å². The van der Waals surface area contributed by atoms with Crippen LogP contribution in [0, 0.1) is 30.0 Å². The molecule has 0 unspecified atom stereocenters. The normalized spacial score (nSPS) is 13.3. The molecular weight excluding hydrogens is 285 g/mol. The van der Waals surface area contributed by atoms with E-state index in [9.17, 15) is 14.0 Å². The number of nitriles is 1. The van der Waals surface area contributed by atoms with Gasteiger partial charge in [-0.15, -0.1) is 0 Å². The monoisotopic (exact) mass is 303 g/mol. The van der Waals surface area contributed by atoms with Crippen LogP contribution in [-0.4, -0.2) is 29.8 Å². The molecule has 1 aliphatic carbocycles. The van der Waals surface area contributed by atoms with Crippen molar-refractivity contribution in [1.82, 2.24) is 4.90 Å². The van der Waals surface area contributed by atoms with Gasteiger partial charge in [-0.3, -0.25) is 9.59 Å². The van der Waals surface area contributed by atoms with Crippen LogP contribution in [0.1, 0.15) is 24.8 Å². The second-order valence-electron chi connectivity index (χ2n) is 5.52. The molecule has 1 saturated carbocycles. The predicted molar refractivity (Wildman–Crippen MR) is 79.3 cm³/mol. The summed E-state index contributed by atoms with van der Waals surface area (Å²) in [4.78, 5) is 25.7. The summed E-state index contributed by atoms with van der Waals surface area (Å²) in [5.74, 6) is -1.53. The van der Waals surface area contributed by atoms with Crippen LogP contribution >= 0.6 is 0 Å². The number of halogens is 1. The maximum Gasteiger partial charge on any atom is 0.313 e. The molecule has 5 nitrogen and oxygen atoms in total. The number of hydrogen-bond acceptors (Lipinski definition) is 3. The summed E-state index contributed by atoms with van der Waals surface area (Å²) in [6.45, 7) is 2.45. The number of anilines is 1. The third-order valence-corrected chi connectivity index (χ3v) is 3.60. The second-order valence-corrected chi connectivity index (χ2v) is 5.52. The van der Waals surface area contributed by atoms with Crippen molar-refractivity contribution in [3.05, 3.63) is 29.6 Å². The van der Waals surface area contributed by atoms with Crippen LogP contribution in [0.15, 0.2) is 18.2 Å². The first-order valence-corrected chi connectivity index (χ1v) is 7.24. The topological polar surface area (TPSA) is 73.2 Å². The number of amides is 2. The molecular formula is C16H18FN3O2. The van der Waals surface area contributed by atoms with E-state index in [2.05, 4.69) is 5.32 Å². The molecule has 1 aromatic carbocycles. The van der Waals surface area contributed by atoms with Crippen molar-refractivity contribution >= 4 is 17.5 Å². The zero-order valence-corrected chi connectivity index (χ0v) is 12.4. The Morgan fingerprint density at radius 3 is 2.82 bits per heavy atom. The average Bonchev–Trinajstić information content (AvgIpc) is 3.30. The largest absolute Gasteiger partial charge is 0.333 e. The highest BCUT2D eigenvalue weighted by Crippen LogP contribution is 2.29. The van der Waals surface area contributed by atoms with Gasteiger partial charge < -0.3 is 10.2 Å². The first-order valence-electron chi connectivity index (χ1n) is 7.24. The predicted octanol–water partition coefficient (Wildman–Crippen LogP) is 2.22. The van der Waals surface area contributed by atoms with Gasteiger partial charge in [0.15, 0.2) is 0 Å². The molecule has 0 radical (unpaired) electrons. The summed E-state index contributed by atoms with van der Waals surface area (Å²) in [5.41, 5.74) is 0.957. The number of carbonyl (C=O) groups excluding carboxylic acids is 2. The molecule has 2 rings (SSSR count). The number of nitrogens with zero attached hydrogens (tertiary/aromatic N) is 2. The van der Waals surface area contributed by atoms with E-state index in [1.807, 2.05) is 6.07 Å². The Labute approximate surface area is 128 Å². The quantitative estimate of drug-likeness (QED) is 0.848. The Kier molecular flexibility index (Phi) is 5.10. The van der Waals surface area contributed by atoms with Gasteiger partial charge in [-0.2, -0.15) is 5.26 Å². The fourth-order valence-corrected chi connectivity index (χ4v) is 2.12. The molecule has 116 valence electrons. The van der Waals surface area contributed by atoms with Gasteiger partial charge in [0.25, 0.3) is 0 Å². The van der Waals surface area contributed by atoms with E-state index in [-0.39, 0.29) is 18.7 Å². The molecule has 22 heavy (non-hydrogen) atoms. The molecule has 0 heterocycles. The highest BCUT2D eigenvalue weighted by Gasteiger charge is 2.29. The standard InChI is InChI=1S/C16H18FN3O2/c1-11-3-6-13(17)9-14(11)19-15(21)16(22)20(8-2-7-18)10-12-4-5-12/h3,6,9,12H,2,4-5,8,10H2,1H3,(H,19,21). The molecule has 1 aliphatic rings. The number of nitrogens with one attached hydrogen (secondary N) is 1. The van der Waals surface area contributed by atoms with Gasteiger partial charge in [0.1, 0.15) is 5.82 Å². The van der Waals surface area contributed by atoms with E-state index in [0.29, 0.717) is 18.0 Å². The number of carbonyl (C=O) groups is 2. The number of aryl methyl sites for hydroxylation is 1. The zero-order valence-electron chi connectivity index (χ0n) is 12.4. The third kappa shape index (κ3) is 4.29. The van der Waals surface area contributed by atoms with Crippen LogP contribution < -0.4 is 5.32 Å². The molecule has 0 bridgehead atoms. The van der Waals surface area contributed by atoms with Gasteiger partial charge in [0.05, 0.1) is 12.5 Å². The fraction of sp³-hybridized carbons (Fsp3) is 0.438. The lowest BCUT2D eigenvalue weighted by molar-refractivity contribution is -0.143. The summed E-state index contributed by atoms with van der Waals surface area (Å²) in [6.07, 6.45) is 2.27. The van der Waals surface area contributed by atoms with E-state index in [4.69, 9.17) is 5.26 Å². The van der Waals surface area contributed by atoms with Gasteiger partial charge in [-0.25, -0.2) is 4.39 Å². The molecule has 0 aliphatic heterocycles. The first kappa shape index (κ1) is 16.0. The average molecular weight is 303 g/mol. The number of rotatable bonds is 5. The van der Waals surface area contributed by atoms with Crippen molar-refractivity contribution in [3.63, 3.8) is 0 Å². The summed E-state index contributed by atoms with van der Waals surface area (Å²) in [6, 6.07) is 5.98. The molecule has 0 atom stereocenters. The SMILES string of the molecule is Cc1ccc(F)cc1NC(=O)C(=O)N(CCC#N)CC1CC1. The maximum atomic E-state index is 13.2. The van der Waals surface area contributed by atoms with E-state index in [1.54, 1.807) is 6.92 Å². The summed E-state index contributed by atoms with van der Waals surface area (Å²) in [7, 11) is 0. The molecule has 2 amide bonds. The van der Waals surface area contributed by atoms with Crippen molar-refractivity contribution < 1.29 is 14.0 Å². The molecule has 0 saturated heterocycles. The lowest BCUT2D eigenvalue weighted by Crippen LogP contribution is -2.41. The van der Waals surface area contributed by atoms with Gasteiger partial charge in [-0.1, -0.05) is 6.07 Å². The third-order valence-electron chi connectivity index (χ3n) is 3.60. The van der Waals surface area contributed by atoms with Crippen LogP contribution in [0.2, 0.25) is 0 Å². The summed E-state index contributed by atoms with van der Waals surface area (Å²) < 4.78 is 13.2. The Balaban J connectivity index is 2.03. The van der Waals surface area contributed by atoms with Crippen molar-refractivity contribution in [2.24, 2.45) is 5.92 Å². The first-order chi connectivity index (χ1) is 10.5. The molecule has 1 fully saturated rings. The Morgan fingerprint density at radius 1 is 1.45 bits per heavy atom. The summed E-state index contributed by atoms with van der Waals surface area (Å²) in [5, 5.41) is 11.1. The van der Waals surface area contributed by atoms with E-state index < -0.39 is 17.6 Å². The summed E-state index contributed by atoms with van der Waals surface area (Å²) >= 11 is 0. The molecule has 1 aromatic rings. The zero-order chi connectivity index (χ0) is 16.1. The van der Waals surface area contributed by atoms with Crippen molar-refractivity contribution in [3.8, 4) is 6.07 Å². The van der Waals surface area contributed by atoms with Crippen molar-refractivity contribution in [2.75, 3.05) is 18.4 Å². The van der Waals surface area contributed by atoms with Crippen LogP contribution in [0.5, 0.6) is 0 Å². The van der Waals surface area contributed by atoms with Crippen LogP contribution in [0.4, 0.5) is 10.1 Å². The minimum absolute atomic E-state index is 0.185. The van der Waals surface area contributed by atoms with E-state index in [1.165, 1.54) is 23.1 Å². The maximum absolute atomic E-state index is 13.2. The van der Waals surface area contributed by atoms with Gasteiger partial charge in [0.2, 0.25) is 0 Å². The van der Waals surface area contributed by atoms with E-state index >= 15 is 0 Å². The van der Waals surface area contributed by atoms with Crippen LogP contribution in [0.3, 0.4) is 0 Å². The van der Waals surface area contributed by atoms with E-state index in [0.717, 1.165) is 12.8 Å². The molecule has 6 heteroatoms. The highest BCUT2D eigenvalue weighted by atomic mass is 19.1. The van der Waals surface area contributed by atoms with Crippen molar-refractivity contribution in [2.45, 2.75) is 26.2 Å². The molecule has 0 spiro atoms. The molecule has 1 N–H and O–H groups in total. The smallest absolute Gasteiger partial charge is 0.313 e. The number of hydrogen-bond donors (Lipinski definition) is 1. The van der Waals surface area contributed by atoms with Gasteiger partial charge in [-0.05, 0) is 43.4 Å². The Bertz CT molecular complexity index is 620. The number of benzene rings is 1.